The van der Waals surface area contributed by atoms with Crippen molar-refractivity contribution in [3.05, 3.63) is 64.6 Å². The first kappa shape index (κ1) is 25.5. The summed E-state index contributed by atoms with van der Waals surface area (Å²) in [6, 6.07) is 5.07. The van der Waals surface area contributed by atoms with Crippen LogP contribution < -0.4 is 20.4 Å². The van der Waals surface area contributed by atoms with Crippen LogP contribution in [0.1, 0.15) is 11.1 Å². The molecule has 1 aromatic heterocycles. The van der Waals surface area contributed by atoms with Gasteiger partial charge in [0.25, 0.3) is 0 Å². The summed E-state index contributed by atoms with van der Waals surface area (Å²) in [5.74, 6) is -0.358. The molecule has 3 aromatic rings. The minimum absolute atomic E-state index is 0.107. The third kappa shape index (κ3) is 5.16. The Morgan fingerprint density at radius 2 is 1.92 bits per heavy atom. The summed E-state index contributed by atoms with van der Waals surface area (Å²) >= 11 is 6.92. The van der Waals surface area contributed by atoms with Crippen LogP contribution in [0.4, 0.5) is 50.0 Å². The molecule has 0 unspecified atom stereocenters. The van der Waals surface area contributed by atoms with Gasteiger partial charge >= 0.3 is 18.2 Å². The van der Waals surface area contributed by atoms with Crippen molar-refractivity contribution in [3.63, 3.8) is 0 Å². The molecule has 4 rings (SSSR count). The van der Waals surface area contributed by atoms with Gasteiger partial charge in [0.1, 0.15) is 11.6 Å². The fraction of sp³-hybridized carbons (Fsp3) is 0.182. The van der Waals surface area contributed by atoms with Crippen molar-refractivity contribution in [1.29, 1.82) is 0 Å². The molecule has 0 saturated carbocycles. The van der Waals surface area contributed by atoms with Gasteiger partial charge in [0, 0.05) is 30.2 Å². The van der Waals surface area contributed by atoms with E-state index < -0.39 is 34.6 Å². The molecule has 188 valence electrons. The lowest BCUT2D eigenvalue weighted by molar-refractivity contribution is -0.137. The number of aromatic nitrogens is 2. The van der Waals surface area contributed by atoms with E-state index in [0.717, 1.165) is 12.1 Å². The van der Waals surface area contributed by atoms with Crippen LogP contribution >= 0.6 is 23.4 Å². The van der Waals surface area contributed by atoms with E-state index in [2.05, 4.69) is 20.6 Å². The second kappa shape index (κ2) is 9.82. The Morgan fingerprint density at radius 1 is 1.17 bits per heavy atom. The first-order valence-electron chi connectivity index (χ1n) is 10.2. The number of urea groups is 2. The first-order chi connectivity index (χ1) is 17.0. The maximum Gasteiger partial charge on any atom is 0.417 e. The minimum Gasteiger partial charge on any atom is -0.308 e. The van der Waals surface area contributed by atoms with Crippen LogP contribution in [-0.2, 0) is 12.7 Å². The highest BCUT2D eigenvalue weighted by Crippen LogP contribution is 2.36. The number of thioether (sulfide) groups is 1. The molecule has 1 aliphatic heterocycles. The zero-order valence-electron chi connectivity index (χ0n) is 18.7. The second-order valence-corrected chi connectivity index (χ2v) is 8.75. The van der Waals surface area contributed by atoms with Crippen LogP contribution in [0.25, 0.3) is 0 Å². The SMILES string of the molecule is CSc1ncc2c(n1)N(C)C(=O)N(c1ccc(F)c(NC(=O)Nc3ccc(Cl)c(C(F)(F)F)c3)c1)C2. The third-order valence-electron chi connectivity index (χ3n) is 5.21. The molecule has 36 heavy (non-hydrogen) atoms. The highest BCUT2D eigenvalue weighted by Gasteiger charge is 2.34. The van der Waals surface area contributed by atoms with E-state index in [-0.39, 0.29) is 23.6 Å². The van der Waals surface area contributed by atoms with Crippen LogP contribution in [0.2, 0.25) is 5.02 Å². The fourth-order valence-corrected chi connectivity index (χ4v) is 4.04. The Kier molecular flexibility index (Phi) is 6.96. The van der Waals surface area contributed by atoms with Crippen molar-refractivity contribution in [2.24, 2.45) is 0 Å². The highest BCUT2D eigenvalue weighted by molar-refractivity contribution is 7.98. The number of carbonyl (C=O) groups excluding carboxylic acids is 2. The predicted molar refractivity (Wildman–Crippen MR) is 129 cm³/mol. The van der Waals surface area contributed by atoms with Gasteiger partial charge in [-0.3, -0.25) is 9.80 Å². The lowest BCUT2D eigenvalue weighted by atomic mass is 10.2. The van der Waals surface area contributed by atoms with Gasteiger partial charge in [-0.1, -0.05) is 23.4 Å². The molecule has 0 atom stereocenters. The first-order valence-corrected chi connectivity index (χ1v) is 11.8. The number of benzene rings is 2. The molecule has 2 N–H and O–H groups in total. The average Bonchev–Trinajstić information content (AvgIpc) is 2.83. The average molecular weight is 541 g/mol. The molecule has 0 fully saturated rings. The Bertz CT molecular complexity index is 1360. The molecule has 2 aromatic carbocycles. The number of halogens is 5. The maximum absolute atomic E-state index is 14.5. The number of nitrogens with one attached hydrogen (secondary N) is 2. The Hall–Kier alpha value is -3.58. The standard InChI is InChI=1S/C22H17ClF4N6O2S/c1-32-18-11(9-28-20(31-18)36-2)10-33(21(32)35)13-4-6-16(24)17(8-13)30-19(34)29-12-3-5-15(23)14(7-12)22(25,26)27/h3-9H,10H2,1-2H3,(H2,29,30,34). The van der Waals surface area contributed by atoms with Gasteiger partial charge in [-0.2, -0.15) is 13.2 Å². The zero-order valence-corrected chi connectivity index (χ0v) is 20.2. The van der Waals surface area contributed by atoms with E-state index in [1.165, 1.54) is 39.8 Å². The summed E-state index contributed by atoms with van der Waals surface area (Å²) in [6.07, 6.45) is -1.31. The van der Waals surface area contributed by atoms with Crippen LogP contribution in [0.15, 0.2) is 47.8 Å². The smallest absolute Gasteiger partial charge is 0.308 e. The highest BCUT2D eigenvalue weighted by atomic mass is 35.5. The molecule has 0 radical (unpaired) electrons. The zero-order chi connectivity index (χ0) is 26.2. The largest absolute Gasteiger partial charge is 0.417 e. The van der Waals surface area contributed by atoms with Crippen molar-refractivity contribution in [2.45, 2.75) is 17.9 Å². The third-order valence-corrected chi connectivity index (χ3v) is 6.10. The van der Waals surface area contributed by atoms with Crippen molar-refractivity contribution in [1.82, 2.24) is 9.97 Å². The normalized spacial score (nSPS) is 13.5. The quantitative estimate of drug-likeness (QED) is 0.232. The van der Waals surface area contributed by atoms with Gasteiger partial charge in [0.2, 0.25) is 0 Å². The number of hydrogen-bond donors (Lipinski definition) is 2. The molecular formula is C22H17ClF4N6O2S. The summed E-state index contributed by atoms with van der Waals surface area (Å²) in [6.45, 7) is 0.107. The lowest BCUT2D eigenvalue weighted by Gasteiger charge is -2.34. The van der Waals surface area contributed by atoms with Crippen molar-refractivity contribution in [3.8, 4) is 0 Å². The predicted octanol–water partition coefficient (Wildman–Crippen LogP) is 6.23. The van der Waals surface area contributed by atoms with Crippen LogP contribution in [0.3, 0.4) is 0 Å². The number of carbonyl (C=O) groups is 2. The molecule has 1 aliphatic rings. The van der Waals surface area contributed by atoms with Crippen LogP contribution in [-0.4, -0.2) is 35.3 Å². The molecule has 0 saturated heterocycles. The van der Waals surface area contributed by atoms with Crippen molar-refractivity contribution < 1.29 is 27.2 Å². The Labute approximate surface area is 211 Å². The van der Waals surface area contributed by atoms with E-state index in [1.807, 2.05) is 6.26 Å². The van der Waals surface area contributed by atoms with E-state index >= 15 is 0 Å². The summed E-state index contributed by atoms with van der Waals surface area (Å²) in [5, 5.41) is 4.44. The number of rotatable bonds is 4. The molecule has 0 aliphatic carbocycles. The number of amides is 4. The second-order valence-electron chi connectivity index (χ2n) is 7.57. The van der Waals surface area contributed by atoms with Crippen molar-refractivity contribution in [2.75, 3.05) is 33.7 Å². The molecule has 0 spiro atoms. The number of hydrogen-bond acceptors (Lipinski definition) is 5. The van der Waals surface area contributed by atoms with E-state index in [1.54, 1.807) is 13.2 Å². The van der Waals surface area contributed by atoms with Crippen molar-refractivity contribution >= 4 is 58.3 Å². The van der Waals surface area contributed by atoms with Gasteiger partial charge < -0.3 is 10.6 Å². The molecule has 0 bridgehead atoms. The molecule has 14 heteroatoms. The molecule has 4 amide bonds. The van der Waals surface area contributed by atoms with Gasteiger partial charge in [-0.05, 0) is 42.7 Å². The van der Waals surface area contributed by atoms with E-state index in [9.17, 15) is 27.2 Å². The number of fused-ring (bicyclic) bond motifs is 1. The van der Waals surface area contributed by atoms with Gasteiger partial charge in [-0.25, -0.2) is 23.9 Å². The number of nitrogens with zero attached hydrogens (tertiary/aromatic N) is 4. The van der Waals surface area contributed by atoms with E-state index in [4.69, 9.17) is 11.6 Å². The number of alkyl halides is 3. The summed E-state index contributed by atoms with van der Waals surface area (Å²) < 4.78 is 53.7. The lowest BCUT2D eigenvalue weighted by Crippen LogP contribution is -2.46. The summed E-state index contributed by atoms with van der Waals surface area (Å²) in [7, 11) is 1.54. The summed E-state index contributed by atoms with van der Waals surface area (Å²) in [5.41, 5.74) is -0.680. The monoisotopic (exact) mass is 540 g/mol. The molecular weight excluding hydrogens is 524 g/mol. The van der Waals surface area contributed by atoms with E-state index in [0.29, 0.717) is 22.6 Å². The maximum atomic E-state index is 14.5. The van der Waals surface area contributed by atoms with Crippen LogP contribution in [0.5, 0.6) is 0 Å². The fourth-order valence-electron chi connectivity index (χ4n) is 3.48. The van der Waals surface area contributed by atoms with Gasteiger partial charge in [-0.15, -0.1) is 0 Å². The Morgan fingerprint density at radius 3 is 2.61 bits per heavy atom. The van der Waals surface area contributed by atoms with Gasteiger partial charge in [0.05, 0.1) is 22.8 Å². The Balaban J connectivity index is 1.55. The number of anilines is 4. The molecule has 2 heterocycles. The summed E-state index contributed by atoms with van der Waals surface area (Å²) in [4.78, 5) is 36.6. The van der Waals surface area contributed by atoms with Crippen LogP contribution in [0, 0.1) is 5.82 Å². The minimum atomic E-state index is -4.72. The topological polar surface area (TPSA) is 90.5 Å². The molecule has 8 nitrogen and oxygen atoms in total. The van der Waals surface area contributed by atoms with Gasteiger partial charge in [0.15, 0.2) is 5.16 Å².